The van der Waals surface area contributed by atoms with Gasteiger partial charge in [-0.2, -0.15) is 0 Å². The van der Waals surface area contributed by atoms with Gasteiger partial charge < -0.3 is 19.5 Å². The summed E-state index contributed by atoms with van der Waals surface area (Å²) in [6.45, 7) is 3.40. The van der Waals surface area contributed by atoms with Crippen molar-refractivity contribution in [2.24, 2.45) is 7.05 Å². The Bertz CT molecular complexity index is 912. The summed E-state index contributed by atoms with van der Waals surface area (Å²) in [6.07, 6.45) is 3.26. The van der Waals surface area contributed by atoms with E-state index in [0.29, 0.717) is 11.4 Å². The molecule has 7 heteroatoms. The second-order valence-electron chi connectivity index (χ2n) is 6.96. The minimum absolute atomic E-state index is 0.00507. The van der Waals surface area contributed by atoms with E-state index in [9.17, 15) is 14.4 Å². The second-order valence-corrected chi connectivity index (χ2v) is 6.96. The summed E-state index contributed by atoms with van der Waals surface area (Å²) in [4.78, 5) is 38.5. The number of benzene rings is 1. The Hall–Kier alpha value is -3.09. The van der Waals surface area contributed by atoms with Crippen molar-refractivity contribution in [3.05, 3.63) is 58.0 Å². The predicted molar refractivity (Wildman–Crippen MR) is 107 cm³/mol. The van der Waals surface area contributed by atoms with Crippen molar-refractivity contribution in [2.45, 2.75) is 26.2 Å². The van der Waals surface area contributed by atoms with E-state index < -0.39 is 5.91 Å². The summed E-state index contributed by atoms with van der Waals surface area (Å²) in [7, 11) is 1.63. The second kappa shape index (κ2) is 8.73. The van der Waals surface area contributed by atoms with Crippen LogP contribution in [0.1, 0.15) is 35.3 Å². The molecule has 2 heterocycles. The van der Waals surface area contributed by atoms with E-state index in [2.05, 4.69) is 5.32 Å². The van der Waals surface area contributed by atoms with Gasteiger partial charge in [0.1, 0.15) is 11.3 Å². The van der Waals surface area contributed by atoms with E-state index in [0.717, 1.165) is 31.6 Å². The normalized spacial score (nSPS) is 13.9. The molecule has 2 amide bonds. The number of ether oxygens (including phenoxy) is 1. The van der Waals surface area contributed by atoms with Crippen molar-refractivity contribution in [1.82, 2.24) is 9.47 Å². The van der Waals surface area contributed by atoms with Crippen LogP contribution in [-0.4, -0.2) is 41.0 Å². The molecule has 3 rings (SSSR count). The van der Waals surface area contributed by atoms with Gasteiger partial charge in [-0.25, -0.2) is 0 Å². The number of aromatic nitrogens is 1. The van der Waals surface area contributed by atoms with Crippen molar-refractivity contribution in [2.75, 3.05) is 25.0 Å². The van der Waals surface area contributed by atoms with Crippen LogP contribution in [0.5, 0.6) is 5.75 Å². The van der Waals surface area contributed by atoms with Crippen LogP contribution in [0.4, 0.5) is 5.69 Å². The van der Waals surface area contributed by atoms with Gasteiger partial charge in [-0.15, -0.1) is 0 Å². The number of carbonyl (C=O) groups is 2. The summed E-state index contributed by atoms with van der Waals surface area (Å²) < 4.78 is 6.99. The highest BCUT2D eigenvalue weighted by Crippen LogP contribution is 2.17. The number of amides is 2. The van der Waals surface area contributed by atoms with Crippen LogP contribution in [0, 0.1) is 6.92 Å². The summed E-state index contributed by atoms with van der Waals surface area (Å²) in [5, 5.41) is 2.71. The zero-order chi connectivity index (χ0) is 20.1. The van der Waals surface area contributed by atoms with Gasteiger partial charge in [0.05, 0.1) is 0 Å². The SMILES string of the molecule is Cc1ccc(C(=O)Nc2ccc(OCC(=O)N3CCCCC3)cc2)c(=O)n1C. The fourth-order valence-corrected chi connectivity index (χ4v) is 3.11. The van der Waals surface area contributed by atoms with Crippen molar-refractivity contribution >= 4 is 17.5 Å². The third kappa shape index (κ3) is 4.60. The maximum absolute atomic E-state index is 12.4. The molecule has 2 aromatic rings. The molecule has 0 saturated carbocycles. The van der Waals surface area contributed by atoms with Crippen LogP contribution in [0.2, 0.25) is 0 Å². The topological polar surface area (TPSA) is 80.6 Å². The highest BCUT2D eigenvalue weighted by atomic mass is 16.5. The molecule has 1 aromatic heterocycles. The quantitative estimate of drug-likeness (QED) is 0.859. The Kier molecular flexibility index (Phi) is 6.13. The third-order valence-corrected chi connectivity index (χ3v) is 4.98. The average molecular weight is 383 g/mol. The number of nitrogens with one attached hydrogen (secondary N) is 1. The number of rotatable bonds is 5. The van der Waals surface area contributed by atoms with E-state index in [4.69, 9.17) is 4.74 Å². The standard InChI is InChI=1S/C21H25N3O4/c1-15-6-11-18(21(27)23(15)2)20(26)22-16-7-9-17(10-8-16)28-14-19(25)24-12-4-3-5-13-24/h6-11H,3-5,12-14H2,1-2H3,(H,22,26). The molecule has 1 saturated heterocycles. The van der Waals surface area contributed by atoms with E-state index in [1.807, 2.05) is 4.90 Å². The number of nitrogens with zero attached hydrogens (tertiary/aromatic N) is 2. The monoisotopic (exact) mass is 383 g/mol. The van der Waals surface area contributed by atoms with Gasteiger partial charge in [-0.1, -0.05) is 0 Å². The highest BCUT2D eigenvalue weighted by molar-refractivity contribution is 6.04. The number of piperidine rings is 1. The van der Waals surface area contributed by atoms with Crippen molar-refractivity contribution < 1.29 is 14.3 Å². The first-order chi connectivity index (χ1) is 13.5. The molecule has 148 valence electrons. The molecule has 0 radical (unpaired) electrons. The maximum Gasteiger partial charge on any atom is 0.263 e. The zero-order valence-electron chi connectivity index (χ0n) is 16.2. The number of hydrogen-bond acceptors (Lipinski definition) is 4. The lowest BCUT2D eigenvalue weighted by atomic mass is 10.1. The van der Waals surface area contributed by atoms with Crippen molar-refractivity contribution in [1.29, 1.82) is 0 Å². The molecule has 0 unspecified atom stereocenters. The fraction of sp³-hybridized carbons (Fsp3) is 0.381. The van der Waals surface area contributed by atoms with Gasteiger partial charge in [0.2, 0.25) is 0 Å². The van der Waals surface area contributed by atoms with Crippen LogP contribution in [-0.2, 0) is 11.8 Å². The van der Waals surface area contributed by atoms with Gasteiger partial charge in [0.25, 0.3) is 17.4 Å². The van der Waals surface area contributed by atoms with E-state index in [1.54, 1.807) is 44.3 Å². The molecule has 0 spiro atoms. The molecule has 1 aliphatic heterocycles. The van der Waals surface area contributed by atoms with Crippen LogP contribution in [0.15, 0.2) is 41.2 Å². The molecule has 1 aromatic carbocycles. The van der Waals surface area contributed by atoms with Crippen molar-refractivity contribution in [3.8, 4) is 5.75 Å². The van der Waals surface area contributed by atoms with Gasteiger partial charge in [-0.3, -0.25) is 14.4 Å². The molecular weight excluding hydrogens is 358 g/mol. The minimum Gasteiger partial charge on any atom is -0.484 e. The number of aryl methyl sites for hydroxylation is 1. The Labute approximate surface area is 163 Å². The lowest BCUT2D eigenvalue weighted by molar-refractivity contribution is -0.134. The van der Waals surface area contributed by atoms with Crippen LogP contribution in [0.25, 0.3) is 0 Å². The number of carbonyl (C=O) groups excluding carboxylic acids is 2. The maximum atomic E-state index is 12.4. The van der Waals surface area contributed by atoms with E-state index in [-0.39, 0.29) is 23.6 Å². The van der Waals surface area contributed by atoms with Gasteiger partial charge >= 0.3 is 0 Å². The van der Waals surface area contributed by atoms with Crippen LogP contribution >= 0.6 is 0 Å². The Balaban J connectivity index is 1.57. The molecule has 0 atom stereocenters. The summed E-state index contributed by atoms with van der Waals surface area (Å²) >= 11 is 0. The molecule has 1 aliphatic rings. The van der Waals surface area contributed by atoms with Gasteiger partial charge in [0, 0.05) is 31.5 Å². The number of hydrogen-bond donors (Lipinski definition) is 1. The molecule has 1 N–H and O–H groups in total. The van der Waals surface area contributed by atoms with Gasteiger partial charge in [-0.05, 0) is 62.6 Å². The molecule has 28 heavy (non-hydrogen) atoms. The van der Waals surface area contributed by atoms with E-state index >= 15 is 0 Å². The van der Waals surface area contributed by atoms with Gasteiger partial charge in [0.15, 0.2) is 6.61 Å². The summed E-state index contributed by atoms with van der Waals surface area (Å²) in [5.41, 5.74) is 1.07. The molecular formula is C21H25N3O4. The zero-order valence-corrected chi connectivity index (χ0v) is 16.2. The van der Waals surface area contributed by atoms with Crippen molar-refractivity contribution in [3.63, 3.8) is 0 Å². The van der Waals surface area contributed by atoms with Crippen LogP contribution < -0.4 is 15.6 Å². The van der Waals surface area contributed by atoms with E-state index in [1.165, 1.54) is 17.1 Å². The summed E-state index contributed by atoms with van der Waals surface area (Å²) in [5.74, 6) is 0.0800. The first-order valence-electron chi connectivity index (χ1n) is 9.44. The highest BCUT2D eigenvalue weighted by Gasteiger charge is 2.17. The fourth-order valence-electron chi connectivity index (χ4n) is 3.11. The molecule has 7 nitrogen and oxygen atoms in total. The lowest BCUT2D eigenvalue weighted by Crippen LogP contribution is -2.38. The average Bonchev–Trinajstić information content (AvgIpc) is 2.72. The lowest BCUT2D eigenvalue weighted by Gasteiger charge is -2.26. The minimum atomic E-state index is -0.463. The number of pyridine rings is 1. The first kappa shape index (κ1) is 19.7. The molecule has 0 aliphatic carbocycles. The molecule has 0 bridgehead atoms. The smallest absolute Gasteiger partial charge is 0.263 e. The Morgan fingerprint density at radius 3 is 2.39 bits per heavy atom. The Morgan fingerprint density at radius 1 is 1.04 bits per heavy atom. The number of likely N-dealkylation sites (tertiary alicyclic amines) is 1. The number of anilines is 1. The first-order valence-corrected chi connectivity index (χ1v) is 9.44. The Morgan fingerprint density at radius 2 is 1.71 bits per heavy atom. The molecule has 1 fully saturated rings. The summed E-state index contributed by atoms with van der Waals surface area (Å²) in [6, 6.07) is 9.98. The largest absolute Gasteiger partial charge is 0.484 e. The third-order valence-electron chi connectivity index (χ3n) is 4.98. The predicted octanol–water partition coefficient (Wildman–Crippen LogP) is 2.34. The van der Waals surface area contributed by atoms with Crippen LogP contribution in [0.3, 0.4) is 0 Å².